The van der Waals surface area contributed by atoms with Gasteiger partial charge < -0.3 is 5.32 Å². The summed E-state index contributed by atoms with van der Waals surface area (Å²) >= 11 is 1.16. The van der Waals surface area contributed by atoms with Crippen LogP contribution in [0.15, 0.2) is 18.6 Å². The number of anilines is 1. The predicted molar refractivity (Wildman–Crippen MR) is 95.1 cm³/mol. The highest BCUT2D eigenvalue weighted by Crippen LogP contribution is 2.36. The van der Waals surface area contributed by atoms with Crippen LogP contribution in [0.5, 0.6) is 0 Å². The van der Waals surface area contributed by atoms with Gasteiger partial charge in [0.2, 0.25) is 5.91 Å². The maximum absolute atomic E-state index is 13.5. The summed E-state index contributed by atoms with van der Waals surface area (Å²) in [4.78, 5) is 25.0. The van der Waals surface area contributed by atoms with E-state index in [1.165, 1.54) is 18.0 Å². The molecule has 28 heavy (non-hydrogen) atoms. The molecule has 152 valence electrons. The second-order valence-electron chi connectivity index (χ2n) is 6.76. The largest absolute Gasteiger partial charge is 0.404 e. The van der Waals surface area contributed by atoms with Gasteiger partial charge in [-0.3, -0.25) is 9.69 Å². The second-order valence-corrected chi connectivity index (χ2v) is 7.88. The Hall–Kier alpha value is -2.14. The maximum Gasteiger partial charge on any atom is 0.404 e. The number of likely N-dealkylation sites (tertiary alicyclic amines) is 1. The third-order valence-electron chi connectivity index (χ3n) is 4.50. The number of aromatic nitrogens is 3. The first-order valence-corrected chi connectivity index (χ1v) is 9.52. The summed E-state index contributed by atoms with van der Waals surface area (Å²) in [6, 6.07) is -1.54. The first kappa shape index (κ1) is 20.6. The van der Waals surface area contributed by atoms with Crippen LogP contribution in [0.4, 0.5) is 22.7 Å². The van der Waals surface area contributed by atoms with Crippen LogP contribution in [-0.4, -0.2) is 44.5 Å². The zero-order chi connectivity index (χ0) is 20.3. The van der Waals surface area contributed by atoms with E-state index in [0.717, 1.165) is 23.7 Å². The van der Waals surface area contributed by atoms with E-state index in [2.05, 4.69) is 20.3 Å². The van der Waals surface area contributed by atoms with Crippen molar-refractivity contribution in [3.05, 3.63) is 35.1 Å². The number of hydrogen-bond donors (Lipinski definition) is 1. The molecule has 6 nitrogen and oxygen atoms in total. The molecule has 3 rings (SSSR count). The van der Waals surface area contributed by atoms with Gasteiger partial charge in [-0.25, -0.2) is 19.3 Å². The molecule has 2 aromatic rings. The van der Waals surface area contributed by atoms with Gasteiger partial charge in [0.25, 0.3) is 0 Å². The summed E-state index contributed by atoms with van der Waals surface area (Å²) in [6.07, 6.45) is 0.0261. The van der Waals surface area contributed by atoms with E-state index in [1.54, 1.807) is 0 Å². The van der Waals surface area contributed by atoms with Crippen LogP contribution in [0.1, 0.15) is 30.5 Å². The molecule has 2 aromatic heterocycles. The summed E-state index contributed by atoms with van der Waals surface area (Å²) in [6.45, 7) is 1.65. The first-order valence-electron chi connectivity index (χ1n) is 8.70. The molecule has 1 N–H and O–H groups in total. The van der Waals surface area contributed by atoms with Gasteiger partial charge in [0.05, 0.1) is 12.4 Å². The lowest BCUT2D eigenvalue weighted by Gasteiger charge is -2.40. The standard InChI is InChI=1S/C17H19F4N5OS/c1-10(27)25-16-24-7-13(28-16)9-26-8-11(2-3-14(26)17(19,20)21)4-15-22-5-12(18)6-23-15/h5-7,11,14H,2-4,8-9H2,1H3,(H,24,25,27)/t11-,14+/m0/s1. The van der Waals surface area contributed by atoms with Gasteiger partial charge in [0.1, 0.15) is 11.9 Å². The van der Waals surface area contributed by atoms with Crippen LogP contribution < -0.4 is 5.32 Å². The lowest BCUT2D eigenvalue weighted by Crippen LogP contribution is -2.50. The lowest BCUT2D eigenvalue weighted by molar-refractivity contribution is -0.196. The molecular formula is C17H19F4N5OS. The number of piperidine rings is 1. The Kier molecular flexibility index (Phi) is 6.23. The molecule has 0 radical (unpaired) electrons. The van der Waals surface area contributed by atoms with Gasteiger partial charge in [-0.1, -0.05) is 0 Å². The molecule has 0 aromatic carbocycles. The van der Waals surface area contributed by atoms with Gasteiger partial charge in [-0.05, 0) is 18.8 Å². The molecule has 1 aliphatic heterocycles. The van der Waals surface area contributed by atoms with Crippen molar-refractivity contribution in [1.82, 2.24) is 19.9 Å². The molecule has 1 saturated heterocycles. The molecule has 3 heterocycles. The monoisotopic (exact) mass is 417 g/mol. The highest BCUT2D eigenvalue weighted by Gasteiger charge is 2.46. The van der Waals surface area contributed by atoms with E-state index in [0.29, 0.717) is 28.7 Å². The van der Waals surface area contributed by atoms with E-state index in [9.17, 15) is 22.4 Å². The number of nitrogens with one attached hydrogen (secondary N) is 1. The highest BCUT2D eigenvalue weighted by atomic mass is 32.1. The summed E-state index contributed by atoms with van der Waals surface area (Å²) < 4.78 is 53.4. The van der Waals surface area contributed by atoms with E-state index >= 15 is 0 Å². The average Bonchev–Trinajstić information content (AvgIpc) is 3.02. The molecule has 1 fully saturated rings. The Morgan fingerprint density at radius 2 is 1.96 bits per heavy atom. The minimum Gasteiger partial charge on any atom is -0.302 e. The van der Waals surface area contributed by atoms with Crippen LogP contribution in [0.2, 0.25) is 0 Å². The minimum absolute atomic E-state index is 0.0211. The average molecular weight is 417 g/mol. The smallest absolute Gasteiger partial charge is 0.302 e. The lowest BCUT2D eigenvalue weighted by atomic mass is 9.89. The van der Waals surface area contributed by atoms with E-state index in [1.807, 2.05) is 0 Å². The van der Waals surface area contributed by atoms with E-state index < -0.39 is 18.0 Å². The van der Waals surface area contributed by atoms with Gasteiger partial charge in [0, 0.05) is 37.5 Å². The third kappa shape index (κ3) is 5.44. The SMILES string of the molecule is CC(=O)Nc1ncc(CN2C[C@H](Cc3ncc(F)cn3)CC[C@@H]2C(F)(F)F)s1. The van der Waals surface area contributed by atoms with E-state index in [-0.39, 0.29) is 31.3 Å². The molecule has 1 aliphatic rings. The van der Waals surface area contributed by atoms with Crippen molar-refractivity contribution in [2.75, 3.05) is 11.9 Å². The number of carbonyl (C=O) groups excluding carboxylic acids is 1. The number of halogens is 4. The summed E-state index contributed by atoms with van der Waals surface area (Å²) in [5.74, 6) is -0.480. The maximum atomic E-state index is 13.5. The van der Waals surface area contributed by atoms with E-state index in [4.69, 9.17) is 0 Å². The van der Waals surface area contributed by atoms with Crippen molar-refractivity contribution in [3.63, 3.8) is 0 Å². The number of hydrogen-bond acceptors (Lipinski definition) is 6. The van der Waals surface area contributed by atoms with Crippen LogP contribution in [0, 0.1) is 11.7 Å². The Labute approximate surface area is 163 Å². The Bertz CT molecular complexity index is 811. The molecule has 0 unspecified atom stereocenters. The van der Waals surface area contributed by atoms with Crippen LogP contribution >= 0.6 is 11.3 Å². The predicted octanol–water partition coefficient (Wildman–Crippen LogP) is 3.42. The summed E-state index contributed by atoms with van der Waals surface area (Å²) in [7, 11) is 0. The molecular weight excluding hydrogens is 398 g/mol. The van der Waals surface area contributed by atoms with Crippen LogP contribution in [-0.2, 0) is 17.8 Å². The molecule has 2 atom stereocenters. The quantitative estimate of drug-likeness (QED) is 0.755. The van der Waals surface area contributed by atoms with Crippen molar-refractivity contribution in [2.24, 2.45) is 5.92 Å². The van der Waals surface area contributed by atoms with Crippen molar-refractivity contribution >= 4 is 22.4 Å². The normalized spacial score (nSPS) is 20.9. The molecule has 1 amide bonds. The Balaban J connectivity index is 1.70. The zero-order valence-corrected chi connectivity index (χ0v) is 15.9. The number of alkyl halides is 3. The fourth-order valence-electron chi connectivity index (χ4n) is 3.33. The fraction of sp³-hybridized carbons (Fsp3) is 0.529. The topological polar surface area (TPSA) is 71.0 Å². The van der Waals surface area contributed by atoms with Crippen molar-refractivity contribution < 1.29 is 22.4 Å². The highest BCUT2D eigenvalue weighted by molar-refractivity contribution is 7.15. The van der Waals surface area contributed by atoms with Gasteiger partial charge >= 0.3 is 6.18 Å². The van der Waals surface area contributed by atoms with Gasteiger partial charge in [-0.15, -0.1) is 11.3 Å². The number of carbonyl (C=O) groups is 1. The number of thiazole rings is 1. The molecule has 11 heteroatoms. The van der Waals surface area contributed by atoms with Gasteiger partial charge in [-0.2, -0.15) is 13.2 Å². The van der Waals surface area contributed by atoms with Crippen LogP contribution in [0.3, 0.4) is 0 Å². The van der Waals surface area contributed by atoms with Crippen LogP contribution in [0.25, 0.3) is 0 Å². The zero-order valence-electron chi connectivity index (χ0n) is 15.0. The third-order valence-corrected chi connectivity index (χ3v) is 5.40. The molecule has 0 spiro atoms. The van der Waals surface area contributed by atoms with Crippen molar-refractivity contribution in [1.29, 1.82) is 0 Å². The Morgan fingerprint density at radius 1 is 1.25 bits per heavy atom. The Morgan fingerprint density at radius 3 is 2.61 bits per heavy atom. The molecule has 0 bridgehead atoms. The number of rotatable bonds is 5. The summed E-state index contributed by atoms with van der Waals surface area (Å²) in [5.41, 5.74) is 0. The number of amides is 1. The van der Waals surface area contributed by atoms with Crippen molar-refractivity contribution in [2.45, 2.75) is 44.9 Å². The molecule has 0 aliphatic carbocycles. The second kappa shape index (κ2) is 8.48. The first-order chi connectivity index (χ1) is 13.2. The number of nitrogens with zero attached hydrogens (tertiary/aromatic N) is 4. The minimum atomic E-state index is -4.33. The fourth-order valence-corrected chi connectivity index (χ4v) is 4.21. The van der Waals surface area contributed by atoms with Crippen molar-refractivity contribution in [3.8, 4) is 0 Å². The molecule has 0 saturated carbocycles. The van der Waals surface area contributed by atoms with Gasteiger partial charge in [0.15, 0.2) is 10.9 Å². The summed E-state index contributed by atoms with van der Waals surface area (Å²) in [5, 5.41) is 2.89.